The van der Waals surface area contributed by atoms with Crippen LogP contribution in [0.3, 0.4) is 0 Å². The SMILES string of the molecule is Cl.N[C@@H]1CCCN(C(=O)c2ccccc2Nc2ccccc2)C1. The third-order valence-corrected chi connectivity index (χ3v) is 3.96. The monoisotopic (exact) mass is 331 g/mol. The predicted molar refractivity (Wildman–Crippen MR) is 96.5 cm³/mol. The zero-order valence-electron chi connectivity index (χ0n) is 12.9. The number of carbonyl (C=O) groups is 1. The van der Waals surface area contributed by atoms with E-state index in [1.54, 1.807) is 0 Å². The van der Waals surface area contributed by atoms with Crippen molar-refractivity contribution >= 4 is 29.7 Å². The molecule has 0 saturated carbocycles. The van der Waals surface area contributed by atoms with Gasteiger partial charge in [0.1, 0.15) is 0 Å². The highest BCUT2D eigenvalue weighted by molar-refractivity contribution is 6.00. The molecule has 4 nitrogen and oxygen atoms in total. The molecule has 3 rings (SSSR count). The lowest BCUT2D eigenvalue weighted by Crippen LogP contribution is -2.45. The van der Waals surface area contributed by atoms with Crippen LogP contribution in [0.15, 0.2) is 54.6 Å². The van der Waals surface area contributed by atoms with Crippen LogP contribution in [0.25, 0.3) is 0 Å². The molecule has 1 aliphatic rings. The Bertz CT molecular complexity index is 648. The zero-order valence-corrected chi connectivity index (χ0v) is 13.8. The maximum atomic E-state index is 12.8. The number of nitrogens with one attached hydrogen (secondary N) is 1. The number of carbonyl (C=O) groups excluding carboxylic acids is 1. The molecule has 3 N–H and O–H groups in total. The Morgan fingerprint density at radius 1 is 1.09 bits per heavy atom. The lowest BCUT2D eigenvalue weighted by molar-refractivity contribution is 0.0710. The summed E-state index contributed by atoms with van der Waals surface area (Å²) in [4.78, 5) is 14.6. The van der Waals surface area contributed by atoms with Gasteiger partial charge in [0.05, 0.1) is 11.3 Å². The number of hydrogen-bond acceptors (Lipinski definition) is 3. The van der Waals surface area contributed by atoms with Gasteiger partial charge in [-0.25, -0.2) is 0 Å². The van der Waals surface area contributed by atoms with Crippen LogP contribution < -0.4 is 11.1 Å². The third kappa shape index (κ3) is 4.24. The van der Waals surface area contributed by atoms with Gasteiger partial charge in [-0.3, -0.25) is 4.79 Å². The van der Waals surface area contributed by atoms with Crippen molar-refractivity contribution < 1.29 is 4.79 Å². The van der Waals surface area contributed by atoms with Gasteiger partial charge in [-0.05, 0) is 37.1 Å². The van der Waals surface area contributed by atoms with Gasteiger partial charge in [0.15, 0.2) is 0 Å². The standard InChI is InChI=1S/C18H21N3O.ClH/c19-14-7-6-12-21(13-14)18(22)16-10-4-5-11-17(16)20-15-8-2-1-3-9-15;/h1-5,8-11,14,20H,6-7,12-13,19H2;1H/t14-;/m1./s1. The highest BCUT2D eigenvalue weighted by Gasteiger charge is 2.23. The van der Waals surface area contributed by atoms with E-state index in [-0.39, 0.29) is 24.4 Å². The minimum absolute atomic E-state index is 0. The number of benzene rings is 2. The minimum Gasteiger partial charge on any atom is -0.355 e. The molecule has 1 amide bonds. The van der Waals surface area contributed by atoms with Gasteiger partial charge in [0.2, 0.25) is 0 Å². The van der Waals surface area contributed by atoms with Crippen LogP contribution >= 0.6 is 12.4 Å². The fourth-order valence-corrected chi connectivity index (χ4v) is 2.82. The van der Waals surface area contributed by atoms with Crippen LogP contribution in [0.1, 0.15) is 23.2 Å². The number of anilines is 2. The van der Waals surface area contributed by atoms with Gasteiger partial charge < -0.3 is 16.0 Å². The van der Waals surface area contributed by atoms with Gasteiger partial charge in [-0.2, -0.15) is 0 Å². The topological polar surface area (TPSA) is 58.4 Å². The number of nitrogens with zero attached hydrogens (tertiary/aromatic N) is 1. The number of rotatable bonds is 3. The van der Waals surface area contributed by atoms with E-state index in [4.69, 9.17) is 5.73 Å². The Hall–Kier alpha value is -2.04. The van der Waals surface area contributed by atoms with Crippen LogP contribution in [-0.4, -0.2) is 29.9 Å². The van der Waals surface area contributed by atoms with Gasteiger partial charge in [-0.1, -0.05) is 30.3 Å². The second kappa shape index (κ2) is 7.99. The molecule has 0 aliphatic carbocycles. The molecule has 2 aromatic rings. The summed E-state index contributed by atoms with van der Waals surface area (Å²) in [5.74, 6) is 0.0502. The van der Waals surface area contributed by atoms with E-state index < -0.39 is 0 Å². The molecule has 0 bridgehead atoms. The van der Waals surface area contributed by atoms with E-state index in [9.17, 15) is 4.79 Å². The van der Waals surface area contributed by atoms with Crippen LogP contribution in [0.4, 0.5) is 11.4 Å². The average Bonchev–Trinajstić information content (AvgIpc) is 2.56. The number of piperidine rings is 1. The summed E-state index contributed by atoms with van der Waals surface area (Å²) < 4.78 is 0. The van der Waals surface area contributed by atoms with E-state index in [2.05, 4.69) is 5.32 Å². The second-order valence-corrected chi connectivity index (χ2v) is 5.69. The molecule has 0 unspecified atom stereocenters. The van der Waals surface area contributed by atoms with Gasteiger partial charge in [0, 0.05) is 24.8 Å². The van der Waals surface area contributed by atoms with Crippen LogP contribution in [0.5, 0.6) is 0 Å². The molecular weight excluding hydrogens is 310 g/mol. The van der Waals surface area contributed by atoms with E-state index in [0.717, 1.165) is 30.8 Å². The fraction of sp³-hybridized carbons (Fsp3) is 0.278. The summed E-state index contributed by atoms with van der Waals surface area (Å²) in [7, 11) is 0. The number of hydrogen-bond donors (Lipinski definition) is 2. The lowest BCUT2D eigenvalue weighted by atomic mass is 10.0. The number of para-hydroxylation sites is 2. The predicted octanol–water partition coefficient (Wildman–Crippen LogP) is 3.42. The Morgan fingerprint density at radius 2 is 1.78 bits per heavy atom. The molecule has 0 radical (unpaired) electrons. The largest absolute Gasteiger partial charge is 0.355 e. The molecule has 122 valence electrons. The normalized spacial score (nSPS) is 17.3. The second-order valence-electron chi connectivity index (χ2n) is 5.69. The average molecular weight is 332 g/mol. The highest BCUT2D eigenvalue weighted by atomic mass is 35.5. The first-order valence-electron chi connectivity index (χ1n) is 7.70. The highest BCUT2D eigenvalue weighted by Crippen LogP contribution is 2.23. The number of amides is 1. The van der Waals surface area contributed by atoms with Crippen LogP contribution in [-0.2, 0) is 0 Å². The molecular formula is C18H22ClN3O. The Morgan fingerprint density at radius 3 is 2.52 bits per heavy atom. The van der Waals surface area contributed by atoms with Crippen molar-refractivity contribution in [3.8, 4) is 0 Å². The Kier molecular flexibility index (Phi) is 6.02. The molecule has 1 atom stereocenters. The Labute approximate surface area is 143 Å². The molecule has 0 aromatic heterocycles. The molecule has 0 spiro atoms. The molecule has 1 heterocycles. The van der Waals surface area contributed by atoms with Crippen molar-refractivity contribution in [2.75, 3.05) is 18.4 Å². The summed E-state index contributed by atoms with van der Waals surface area (Å²) in [5, 5.41) is 3.32. The van der Waals surface area contributed by atoms with Crippen molar-refractivity contribution in [3.05, 3.63) is 60.2 Å². The van der Waals surface area contributed by atoms with E-state index in [1.807, 2.05) is 59.5 Å². The maximum absolute atomic E-state index is 12.8. The van der Waals surface area contributed by atoms with Gasteiger partial charge >= 0.3 is 0 Å². The van der Waals surface area contributed by atoms with Crippen molar-refractivity contribution in [1.82, 2.24) is 4.90 Å². The van der Waals surface area contributed by atoms with Gasteiger partial charge in [-0.15, -0.1) is 12.4 Å². The molecule has 2 aromatic carbocycles. The lowest BCUT2D eigenvalue weighted by Gasteiger charge is -2.31. The molecule has 1 aliphatic heterocycles. The number of likely N-dealkylation sites (tertiary alicyclic amines) is 1. The van der Waals surface area contributed by atoms with E-state index in [0.29, 0.717) is 12.1 Å². The number of halogens is 1. The summed E-state index contributed by atoms with van der Waals surface area (Å²) >= 11 is 0. The molecule has 1 saturated heterocycles. The van der Waals surface area contributed by atoms with Crippen molar-refractivity contribution in [2.24, 2.45) is 5.73 Å². The first-order valence-corrected chi connectivity index (χ1v) is 7.70. The zero-order chi connectivity index (χ0) is 15.4. The van der Waals surface area contributed by atoms with Crippen molar-refractivity contribution in [1.29, 1.82) is 0 Å². The summed E-state index contributed by atoms with van der Waals surface area (Å²) in [6.45, 7) is 1.42. The molecule has 1 fully saturated rings. The summed E-state index contributed by atoms with van der Waals surface area (Å²) in [6.07, 6.45) is 1.97. The quantitative estimate of drug-likeness (QED) is 0.906. The molecule has 23 heavy (non-hydrogen) atoms. The smallest absolute Gasteiger partial charge is 0.256 e. The third-order valence-electron chi connectivity index (χ3n) is 3.96. The summed E-state index contributed by atoms with van der Waals surface area (Å²) in [6, 6.07) is 17.6. The first-order chi connectivity index (χ1) is 10.7. The molecule has 5 heteroatoms. The van der Waals surface area contributed by atoms with Crippen LogP contribution in [0.2, 0.25) is 0 Å². The van der Waals surface area contributed by atoms with E-state index in [1.165, 1.54) is 0 Å². The van der Waals surface area contributed by atoms with Crippen LogP contribution in [0, 0.1) is 0 Å². The van der Waals surface area contributed by atoms with Gasteiger partial charge in [0.25, 0.3) is 5.91 Å². The maximum Gasteiger partial charge on any atom is 0.256 e. The minimum atomic E-state index is 0. The Balaban J connectivity index is 0.00000192. The summed E-state index contributed by atoms with van der Waals surface area (Å²) in [5.41, 5.74) is 8.49. The van der Waals surface area contributed by atoms with Crippen molar-refractivity contribution in [2.45, 2.75) is 18.9 Å². The fourth-order valence-electron chi connectivity index (χ4n) is 2.82. The first kappa shape index (κ1) is 17.3. The number of nitrogens with two attached hydrogens (primary N) is 1. The van der Waals surface area contributed by atoms with Crippen molar-refractivity contribution in [3.63, 3.8) is 0 Å². The van der Waals surface area contributed by atoms with E-state index >= 15 is 0 Å².